The van der Waals surface area contributed by atoms with Crippen molar-refractivity contribution in [1.82, 2.24) is 9.88 Å². The first-order valence-electron chi connectivity index (χ1n) is 8.62. The second-order valence-electron chi connectivity index (χ2n) is 6.42. The summed E-state index contributed by atoms with van der Waals surface area (Å²) in [6.45, 7) is 4.10. The van der Waals surface area contributed by atoms with Crippen molar-refractivity contribution in [2.45, 2.75) is 32.9 Å². The summed E-state index contributed by atoms with van der Waals surface area (Å²) in [6, 6.07) is 10.6. The molecule has 0 fully saturated rings. The highest BCUT2D eigenvalue weighted by atomic mass is 35.5. The van der Waals surface area contributed by atoms with Crippen molar-refractivity contribution in [3.8, 4) is 5.75 Å². The van der Waals surface area contributed by atoms with Gasteiger partial charge in [-0.3, -0.25) is 9.36 Å². The van der Waals surface area contributed by atoms with Crippen molar-refractivity contribution in [3.63, 3.8) is 0 Å². The lowest BCUT2D eigenvalue weighted by atomic mass is 10.0. The maximum atomic E-state index is 12.4. The van der Waals surface area contributed by atoms with Gasteiger partial charge in [-0.2, -0.15) is 0 Å². The van der Waals surface area contributed by atoms with E-state index in [1.54, 1.807) is 25.3 Å². The van der Waals surface area contributed by atoms with Crippen LogP contribution in [0.3, 0.4) is 0 Å². The molecule has 1 amide bonds. The van der Waals surface area contributed by atoms with Gasteiger partial charge in [0.2, 0.25) is 5.91 Å². The molecule has 0 aliphatic rings. The van der Waals surface area contributed by atoms with Crippen LogP contribution in [-0.2, 0) is 11.3 Å². The van der Waals surface area contributed by atoms with Crippen LogP contribution >= 0.6 is 11.6 Å². The normalized spacial score (nSPS) is 12.1. The number of nitrogens with one attached hydrogen (secondary N) is 1. The number of nitrogens with zero attached hydrogens (tertiary/aromatic N) is 1. The lowest BCUT2D eigenvalue weighted by molar-refractivity contribution is -0.121. The van der Waals surface area contributed by atoms with Crippen molar-refractivity contribution in [1.29, 1.82) is 0 Å². The zero-order chi connectivity index (χ0) is 19.6. The van der Waals surface area contributed by atoms with Crippen LogP contribution in [0.15, 0.2) is 45.6 Å². The summed E-state index contributed by atoms with van der Waals surface area (Å²) in [5, 5.41) is 3.44. The van der Waals surface area contributed by atoms with Crippen LogP contribution in [0.2, 0.25) is 5.02 Å². The standard InChI is InChI=1S/C20H21ClN2O4/c1-12-4-7-17(26-3)15(10-12)13(2)22-19(24)8-9-23-16-6-5-14(21)11-18(16)27-20(23)25/h4-7,10-11,13H,8-9H2,1-3H3,(H,22,24)/t13-/m0/s1. The molecule has 27 heavy (non-hydrogen) atoms. The number of hydrogen-bond acceptors (Lipinski definition) is 4. The van der Waals surface area contributed by atoms with Gasteiger partial charge in [0.25, 0.3) is 0 Å². The molecular formula is C20H21ClN2O4. The van der Waals surface area contributed by atoms with Crippen LogP contribution in [0.25, 0.3) is 11.1 Å². The molecule has 142 valence electrons. The number of oxazole rings is 1. The molecule has 6 nitrogen and oxygen atoms in total. The van der Waals surface area contributed by atoms with Crippen molar-refractivity contribution < 1.29 is 13.9 Å². The van der Waals surface area contributed by atoms with Crippen molar-refractivity contribution >= 4 is 28.6 Å². The Kier molecular flexibility index (Phi) is 5.56. The number of carbonyl (C=O) groups excluding carboxylic acids is 1. The molecule has 0 spiro atoms. The van der Waals surface area contributed by atoms with Gasteiger partial charge in [0.1, 0.15) is 5.75 Å². The van der Waals surface area contributed by atoms with E-state index in [1.165, 1.54) is 4.57 Å². The second kappa shape index (κ2) is 7.88. The third-order valence-electron chi connectivity index (χ3n) is 4.42. The molecule has 0 saturated carbocycles. The second-order valence-corrected chi connectivity index (χ2v) is 6.85. The summed E-state index contributed by atoms with van der Waals surface area (Å²) in [5.41, 5.74) is 3.02. The number of aromatic nitrogens is 1. The Morgan fingerprint density at radius 1 is 1.30 bits per heavy atom. The monoisotopic (exact) mass is 388 g/mol. The summed E-state index contributed by atoms with van der Waals surface area (Å²) in [7, 11) is 1.60. The Balaban J connectivity index is 1.69. The number of benzene rings is 2. The van der Waals surface area contributed by atoms with E-state index in [0.717, 1.165) is 16.9 Å². The van der Waals surface area contributed by atoms with Crippen LogP contribution in [0.4, 0.5) is 0 Å². The number of halogens is 1. The van der Waals surface area contributed by atoms with Crippen LogP contribution < -0.4 is 15.8 Å². The molecule has 0 aliphatic heterocycles. The number of fused-ring (bicyclic) bond motifs is 1. The number of carbonyl (C=O) groups is 1. The average molecular weight is 389 g/mol. The van der Waals surface area contributed by atoms with Gasteiger partial charge in [-0.1, -0.05) is 29.3 Å². The largest absolute Gasteiger partial charge is 0.496 e. The van der Waals surface area contributed by atoms with Gasteiger partial charge >= 0.3 is 5.76 Å². The molecule has 2 aromatic carbocycles. The topological polar surface area (TPSA) is 73.5 Å². The third kappa shape index (κ3) is 4.17. The first-order valence-corrected chi connectivity index (χ1v) is 8.99. The van der Waals surface area contributed by atoms with E-state index in [9.17, 15) is 9.59 Å². The van der Waals surface area contributed by atoms with E-state index in [2.05, 4.69) is 5.32 Å². The predicted molar refractivity (Wildman–Crippen MR) is 104 cm³/mol. The van der Waals surface area contributed by atoms with Crippen molar-refractivity contribution in [2.75, 3.05) is 7.11 Å². The molecule has 7 heteroatoms. The Hall–Kier alpha value is -2.73. The van der Waals surface area contributed by atoms with Gasteiger partial charge in [-0.05, 0) is 32.0 Å². The summed E-state index contributed by atoms with van der Waals surface area (Å²) >= 11 is 5.91. The molecule has 0 radical (unpaired) electrons. The fourth-order valence-electron chi connectivity index (χ4n) is 3.05. The molecule has 0 bridgehead atoms. The van der Waals surface area contributed by atoms with Crippen LogP contribution in [0, 0.1) is 6.92 Å². The van der Waals surface area contributed by atoms with Crippen LogP contribution in [-0.4, -0.2) is 17.6 Å². The highest BCUT2D eigenvalue weighted by Gasteiger charge is 2.16. The van der Waals surface area contributed by atoms with E-state index in [4.69, 9.17) is 20.8 Å². The summed E-state index contributed by atoms with van der Waals surface area (Å²) in [6.07, 6.45) is 0.148. The number of amides is 1. The highest BCUT2D eigenvalue weighted by Crippen LogP contribution is 2.26. The first-order chi connectivity index (χ1) is 12.9. The van der Waals surface area contributed by atoms with E-state index in [0.29, 0.717) is 16.1 Å². The number of rotatable bonds is 6. The Morgan fingerprint density at radius 2 is 2.07 bits per heavy atom. The maximum Gasteiger partial charge on any atom is 0.419 e. The molecule has 0 unspecified atom stereocenters. The highest BCUT2D eigenvalue weighted by molar-refractivity contribution is 6.31. The first kappa shape index (κ1) is 19.0. The third-order valence-corrected chi connectivity index (χ3v) is 4.66. The van der Waals surface area contributed by atoms with Gasteiger partial charge in [0.15, 0.2) is 5.58 Å². The molecule has 1 aromatic heterocycles. The molecule has 0 saturated heterocycles. The van der Waals surface area contributed by atoms with Gasteiger partial charge in [0, 0.05) is 29.6 Å². The Bertz CT molecular complexity index is 1040. The van der Waals surface area contributed by atoms with Gasteiger partial charge in [-0.25, -0.2) is 4.79 Å². The van der Waals surface area contributed by atoms with Crippen LogP contribution in [0.1, 0.15) is 30.5 Å². The zero-order valence-corrected chi connectivity index (χ0v) is 16.2. The fourth-order valence-corrected chi connectivity index (χ4v) is 3.21. The molecule has 3 rings (SSSR count). The quantitative estimate of drug-likeness (QED) is 0.696. The zero-order valence-electron chi connectivity index (χ0n) is 15.4. The maximum absolute atomic E-state index is 12.4. The van der Waals surface area contributed by atoms with Gasteiger partial charge < -0.3 is 14.5 Å². The molecule has 1 atom stereocenters. The molecule has 1 heterocycles. The number of ether oxygens (including phenoxy) is 1. The van der Waals surface area contributed by atoms with Crippen LogP contribution in [0.5, 0.6) is 5.75 Å². The summed E-state index contributed by atoms with van der Waals surface area (Å²) < 4.78 is 12.0. The van der Waals surface area contributed by atoms with E-state index < -0.39 is 5.76 Å². The summed E-state index contributed by atoms with van der Waals surface area (Å²) in [5.74, 6) is 0.0528. The molecular weight excluding hydrogens is 368 g/mol. The van der Waals surface area contributed by atoms with Gasteiger partial charge in [-0.15, -0.1) is 0 Å². The molecule has 3 aromatic rings. The van der Waals surface area contributed by atoms with E-state index in [-0.39, 0.29) is 24.9 Å². The van der Waals surface area contributed by atoms with Crippen molar-refractivity contribution in [3.05, 3.63) is 63.1 Å². The van der Waals surface area contributed by atoms with E-state index >= 15 is 0 Å². The Labute approximate surface area is 161 Å². The lowest BCUT2D eigenvalue weighted by Gasteiger charge is -2.18. The van der Waals surface area contributed by atoms with E-state index in [1.807, 2.05) is 32.0 Å². The van der Waals surface area contributed by atoms with Gasteiger partial charge in [0.05, 0.1) is 18.7 Å². The predicted octanol–water partition coefficient (Wildman–Crippen LogP) is 3.83. The lowest BCUT2D eigenvalue weighted by Crippen LogP contribution is -2.28. The number of aryl methyl sites for hydroxylation is 2. The Morgan fingerprint density at radius 3 is 2.81 bits per heavy atom. The average Bonchev–Trinajstić information content (AvgIpc) is 2.94. The molecule has 1 N–H and O–H groups in total. The number of hydrogen-bond donors (Lipinski definition) is 1. The summed E-state index contributed by atoms with van der Waals surface area (Å²) in [4.78, 5) is 24.4. The SMILES string of the molecule is COc1ccc(C)cc1[C@H](C)NC(=O)CCn1c(=O)oc2cc(Cl)ccc21. The minimum atomic E-state index is -0.506. The fraction of sp³-hybridized carbons (Fsp3) is 0.300. The molecule has 0 aliphatic carbocycles. The minimum absolute atomic E-state index is 0.148. The minimum Gasteiger partial charge on any atom is -0.496 e. The smallest absolute Gasteiger partial charge is 0.419 e. The number of methoxy groups -OCH3 is 1. The van der Waals surface area contributed by atoms with Crippen molar-refractivity contribution in [2.24, 2.45) is 0 Å².